The van der Waals surface area contributed by atoms with Crippen molar-refractivity contribution in [2.24, 2.45) is 0 Å². The van der Waals surface area contributed by atoms with Gasteiger partial charge in [0.05, 0.1) is 35.6 Å². The molecule has 0 N–H and O–H groups in total. The Bertz CT molecular complexity index is 1500. The molecule has 40 heavy (non-hydrogen) atoms. The van der Waals surface area contributed by atoms with Gasteiger partial charge in [-0.05, 0) is 68.1 Å². The topological polar surface area (TPSA) is 89.0 Å². The molecule has 0 saturated carbocycles. The molecule has 2 fully saturated rings. The van der Waals surface area contributed by atoms with E-state index in [1.54, 1.807) is 54.6 Å². The van der Waals surface area contributed by atoms with E-state index >= 15 is 0 Å². The van der Waals surface area contributed by atoms with Crippen molar-refractivity contribution in [2.75, 3.05) is 26.7 Å². The number of carbonyl (C=O) groups is 1. The Kier molecular flexibility index (Phi) is 8.47. The molecule has 2 aliphatic heterocycles. The highest BCUT2D eigenvalue weighted by molar-refractivity contribution is 7.88. The summed E-state index contributed by atoms with van der Waals surface area (Å²) in [5, 5.41) is 0.472. The molecule has 0 bridgehead atoms. The first kappa shape index (κ1) is 28.5. The van der Waals surface area contributed by atoms with Crippen molar-refractivity contribution in [2.45, 2.75) is 50.7 Å². The summed E-state index contributed by atoms with van der Waals surface area (Å²) in [4.78, 5) is 19.4. The Morgan fingerprint density at radius 3 is 2.65 bits per heavy atom. The molecule has 10 heteroatoms. The van der Waals surface area contributed by atoms with Crippen molar-refractivity contribution in [3.63, 3.8) is 0 Å². The molecular weight excluding hydrogens is 550 g/mol. The number of hydrogen-bond donors (Lipinski definition) is 0. The van der Waals surface area contributed by atoms with Crippen LogP contribution in [0.2, 0.25) is 5.02 Å². The number of pyridine rings is 1. The number of nitrogens with zero attached hydrogens (tertiary/aromatic N) is 3. The Morgan fingerprint density at radius 2 is 1.88 bits per heavy atom. The molecule has 1 amide bonds. The molecule has 5 rings (SSSR count). The average Bonchev–Trinajstić information content (AvgIpc) is 3.58. The first-order valence-electron chi connectivity index (χ1n) is 13.4. The molecule has 1 unspecified atom stereocenters. The van der Waals surface area contributed by atoms with Crippen LogP contribution in [-0.4, -0.2) is 67.5 Å². The van der Waals surface area contributed by atoms with Gasteiger partial charge in [-0.2, -0.15) is 4.31 Å². The number of amides is 1. The largest absolute Gasteiger partial charge is 0.486 e. The van der Waals surface area contributed by atoms with Crippen molar-refractivity contribution in [1.29, 1.82) is 0 Å². The van der Waals surface area contributed by atoms with Gasteiger partial charge in [0.15, 0.2) is 0 Å². The van der Waals surface area contributed by atoms with E-state index in [1.807, 2.05) is 32.0 Å². The number of benzene rings is 2. The summed E-state index contributed by atoms with van der Waals surface area (Å²) in [6, 6.07) is 16.1. The molecule has 2 aromatic carbocycles. The summed E-state index contributed by atoms with van der Waals surface area (Å²) in [6.45, 7) is 5.10. The van der Waals surface area contributed by atoms with Crippen LogP contribution in [0.5, 0.6) is 5.75 Å². The smallest absolute Gasteiger partial charge is 0.254 e. The maximum Gasteiger partial charge on any atom is 0.254 e. The second kappa shape index (κ2) is 11.9. The van der Waals surface area contributed by atoms with E-state index in [9.17, 15) is 13.2 Å². The Hall–Kier alpha value is -2.98. The maximum absolute atomic E-state index is 13.5. The zero-order valence-electron chi connectivity index (χ0n) is 22.9. The van der Waals surface area contributed by atoms with E-state index in [0.717, 1.165) is 17.5 Å². The molecule has 0 spiro atoms. The number of rotatable bonds is 8. The van der Waals surface area contributed by atoms with Gasteiger partial charge in [-0.25, -0.2) is 8.42 Å². The molecule has 212 valence electrons. The number of carbonyl (C=O) groups excluding carboxylic acids is 1. The predicted octanol–water partition coefficient (Wildman–Crippen LogP) is 4.94. The summed E-state index contributed by atoms with van der Waals surface area (Å²) in [7, 11) is -2.04. The lowest BCUT2D eigenvalue weighted by molar-refractivity contribution is 0.0339. The van der Waals surface area contributed by atoms with Crippen LogP contribution in [0.15, 0.2) is 60.8 Å². The van der Waals surface area contributed by atoms with Crippen LogP contribution < -0.4 is 4.74 Å². The van der Waals surface area contributed by atoms with E-state index in [0.29, 0.717) is 53.6 Å². The fourth-order valence-corrected chi connectivity index (χ4v) is 7.57. The Labute approximate surface area is 240 Å². The van der Waals surface area contributed by atoms with Gasteiger partial charge < -0.3 is 14.4 Å². The lowest BCUT2D eigenvalue weighted by atomic mass is 10.0. The third-order valence-electron chi connectivity index (χ3n) is 7.63. The Balaban J connectivity index is 1.29. The fraction of sp³-hybridized carbons (Fsp3) is 0.400. The molecule has 0 aliphatic carbocycles. The summed E-state index contributed by atoms with van der Waals surface area (Å²) in [5.41, 5.74) is 3.84. The summed E-state index contributed by atoms with van der Waals surface area (Å²) in [5.74, 6) is 0.315. The van der Waals surface area contributed by atoms with Gasteiger partial charge in [-0.3, -0.25) is 9.78 Å². The monoisotopic (exact) mass is 583 g/mol. The average molecular weight is 584 g/mol. The van der Waals surface area contributed by atoms with Crippen LogP contribution >= 0.6 is 11.6 Å². The number of sulfonamides is 1. The zero-order valence-corrected chi connectivity index (χ0v) is 24.5. The highest BCUT2D eigenvalue weighted by Gasteiger charge is 2.39. The molecule has 2 aliphatic rings. The first-order valence-corrected chi connectivity index (χ1v) is 15.4. The van der Waals surface area contributed by atoms with Gasteiger partial charge in [-0.1, -0.05) is 41.4 Å². The molecule has 3 aromatic rings. The van der Waals surface area contributed by atoms with E-state index in [-0.39, 0.29) is 29.9 Å². The lowest BCUT2D eigenvalue weighted by Gasteiger charge is -2.24. The summed E-state index contributed by atoms with van der Waals surface area (Å²) >= 11 is 6.35. The molecule has 3 atom stereocenters. The summed E-state index contributed by atoms with van der Waals surface area (Å²) < 4.78 is 40.5. The van der Waals surface area contributed by atoms with Crippen molar-refractivity contribution < 1.29 is 22.7 Å². The maximum atomic E-state index is 13.5. The highest BCUT2D eigenvalue weighted by atomic mass is 35.5. The molecule has 2 saturated heterocycles. The van der Waals surface area contributed by atoms with Crippen LogP contribution in [-0.2, 0) is 20.5 Å². The van der Waals surface area contributed by atoms with Crippen molar-refractivity contribution in [1.82, 2.24) is 14.2 Å². The normalized spacial score (nSPS) is 21.6. The molecule has 0 radical (unpaired) electrons. The van der Waals surface area contributed by atoms with Crippen LogP contribution in [0.4, 0.5) is 0 Å². The van der Waals surface area contributed by atoms with Gasteiger partial charge in [-0.15, -0.1) is 0 Å². The minimum atomic E-state index is -3.64. The van der Waals surface area contributed by atoms with E-state index in [2.05, 4.69) is 4.98 Å². The van der Waals surface area contributed by atoms with Crippen LogP contribution in [0.3, 0.4) is 0 Å². The Morgan fingerprint density at radius 1 is 1.07 bits per heavy atom. The SMILES string of the molecule is CO[C@@H]1CN(C(=O)c2cc(C)ccc2C)C[C@H]1Oc1cccc(CS(=O)(=O)N2CCCC2c2ncccc2Cl)c1. The molecule has 3 heterocycles. The standard InChI is InChI=1S/C30H34ClN3O5S/c1-20-11-12-21(2)24(15-20)30(35)33-17-27(38-3)28(18-33)39-23-8-4-7-22(16-23)19-40(36,37)34-14-6-10-26(34)29-25(31)9-5-13-32-29/h4-5,7-9,11-13,15-16,26-28H,6,10,14,17-19H2,1-3H3/t26?,27-,28-/m1/s1. The number of ether oxygens (including phenoxy) is 2. The number of aromatic nitrogens is 1. The molecule has 1 aromatic heterocycles. The quantitative estimate of drug-likeness (QED) is 0.373. The number of likely N-dealkylation sites (tertiary alicyclic amines) is 1. The lowest BCUT2D eigenvalue weighted by Crippen LogP contribution is -2.32. The second-order valence-corrected chi connectivity index (χ2v) is 12.8. The van der Waals surface area contributed by atoms with Crippen molar-refractivity contribution in [3.8, 4) is 5.75 Å². The van der Waals surface area contributed by atoms with E-state index < -0.39 is 10.0 Å². The van der Waals surface area contributed by atoms with Crippen LogP contribution in [0, 0.1) is 13.8 Å². The zero-order chi connectivity index (χ0) is 28.4. The van der Waals surface area contributed by atoms with Gasteiger partial charge in [0, 0.05) is 25.4 Å². The number of aryl methyl sites for hydroxylation is 2. The number of halogens is 1. The van der Waals surface area contributed by atoms with Gasteiger partial charge >= 0.3 is 0 Å². The van der Waals surface area contributed by atoms with Crippen LogP contribution in [0.1, 0.15) is 51.6 Å². The highest BCUT2D eigenvalue weighted by Crippen LogP contribution is 2.37. The minimum absolute atomic E-state index is 0.0534. The number of hydrogen-bond acceptors (Lipinski definition) is 6. The van der Waals surface area contributed by atoms with Crippen molar-refractivity contribution in [3.05, 3.63) is 93.8 Å². The van der Waals surface area contributed by atoms with Gasteiger partial charge in [0.25, 0.3) is 5.91 Å². The third-order valence-corrected chi connectivity index (χ3v) is 9.80. The van der Waals surface area contributed by atoms with Crippen LogP contribution in [0.25, 0.3) is 0 Å². The predicted molar refractivity (Wildman–Crippen MR) is 154 cm³/mol. The third kappa shape index (κ3) is 6.02. The molecule has 8 nitrogen and oxygen atoms in total. The first-order chi connectivity index (χ1) is 19.2. The summed E-state index contributed by atoms with van der Waals surface area (Å²) in [6.07, 6.45) is 2.36. The van der Waals surface area contributed by atoms with Gasteiger partial charge in [0.1, 0.15) is 18.0 Å². The molecular formula is C30H34ClN3O5S. The fourth-order valence-electron chi connectivity index (χ4n) is 5.55. The number of methoxy groups -OCH3 is 1. The van der Waals surface area contributed by atoms with Gasteiger partial charge in [0.2, 0.25) is 10.0 Å². The minimum Gasteiger partial charge on any atom is -0.486 e. The van der Waals surface area contributed by atoms with Crippen molar-refractivity contribution >= 4 is 27.5 Å². The van der Waals surface area contributed by atoms with E-state index in [1.165, 1.54) is 4.31 Å². The van der Waals surface area contributed by atoms with E-state index in [4.69, 9.17) is 21.1 Å². The second-order valence-electron chi connectivity index (χ2n) is 10.5.